The summed E-state index contributed by atoms with van der Waals surface area (Å²) in [6, 6.07) is 15.9. The van der Waals surface area contributed by atoms with Crippen LogP contribution in [0.5, 0.6) is 0 Å². The van der Waals surface area contributed by atoms with Crippen LogP contribution < -0.4 is 11.3 Å². The lowest BCUT2D eigenvalue weighted by Crippen LogP contribution is -2.29. The van der Waals surface area contributed by atoms with Crippen molar-refractivity contribution in [1.29, 1.82) is 0 Å². The second kappa shape index (κ2) is 6.34. The summed E-state index contributed by atoms with van der Waals surface area (Å²) in [6.07, 6.45) is 0.791. The number of hydrazine groups is 1. The highest BCUT2D eigenvalue weighted by Gasteiger charge is 2.13. The maximum absolute atomic E-state index is 5.99. The molecular formula is C14H14BrClN2. The van der Waals surface area contributed by atoms with E-state index in [1.807, 2.05) is 42.5 Å². The molecule has 1 atom stereocenters. The van der Waals surface area contributed by atoms with Crippen molar-refractivity contribution in [3.05, 3.63) is 69.2 Å². The molecule has 1 unspecified atom stereocenters. The molecule has 0 saturated heterocycles. The van der Waals surface area contributed by atoms with Crippen LogP contribution in [-0.2, 0) is 6.42 Å². The Labute approximate surface area is 120 Å². The second-order valence-corrected chi connectivity index (χ2v) is 5.37. The minimum atomic E-state index is 0.0547. The maximum Gasteiger partial charge on any atom is 0.0511 e. The Kier molecular flexibility index (Phi) is 4.78. The van der Waals surface area contributed by atoms with E-state index < -0.39 is 0 Å². The third-order valence-electron chi connectivity index (χ3n) is 2.81. The zero-order valence-corrected chi connectivity index (χ0v) is 12.1. The van der Waals surface area contributed by atoms with E-state index in [0.717, 1.165) is 27.0 Å². The summed E-state index contributed by atoms with van der Waals surface area (Å²) >= 11 is 9.53. The summed E-state index contributed by atoms with van der Waals surface area (Å²) in [5, 5.41) is 0.746. The zero-order chi connectivity index (χ0) is 13.0. The van der Waals surface area contributed by atoms with Gasteiger partial charge in [-0.05, 0) is 35.7 Å². The van der Waals surface area contributed by atoms with Crippen molar-refractivity contribution in [2.75, 3.05) is 0 Å². The van der Waals surface area contributed by atoms with Crippen LogP contribution in [0.4, 0.5) is 0 Å². The molecule has 0 aliphatic heterocycles. The Morgan fingerprint density at radius 2 is 1.94 bits per heavy atom. The Morgan fingerprint density at radius 3 is 2.61 bits per heavy atom. The minimum Gasteiger partial charge on any atom is -0.271 e. The summed E-state index contributed by atoms with van der Waals surface area (Å²) in [7, 11) is 0. The summed E-state index contributed by atoms with van der Waals surface area (Å²) in [6.45, 7) is 0. The van der Waals surface area contributed by atoms with Crippen LogP contribution >= 0.6 is 27.5 Å². The molecule has 2 nitrogen and oxygen atoms in total. The van der Waals surface area contributed by atoms with Gasteiger partial charge in [-0.25, -0.2) is 0 Å². The molecule has 0 radical (unpaired) electrons. The van der Waals surface area contributed by atoms with E-state index in [1.165, 1.54) is 0 Å². The van der Waals surface area contributed by atoms with Gasteiger partial charge in [-0.2, -0.15) is 0 Å². The van der Waals surface area contributed by atoms with Crippen molar-refractivity contribution < 1.29 is 0 Å². The third kappa shape index (κ3) is 3.33. The predicted octanol–water partition coefficient (Wildman–Crippen LogP) is 3.85. The van der Waals surface area contributed by atoms with Gasteiger partial charge in [-0.15, -0.1) is 0 Å². The van der Waals surface area contributed by atoms with Gasteiger partial charge >= 0.3 is 0 Å². The van der Waals surface area contributed by atoms with Gasteiger partial charge in [-0.1, -0.05) is 57.9 Å². The molecule has 3 N–H and O–H groups in total. The van der Waals surface area contributed by atoms with Gasteiger partial charge in [0.2, 0.25) is 0 Å². The lowest BCUT2D eigenvalue weighted by atomic mass is 9.99. The molecule has 0 aliphatic rings. The molecule has 0 bridgehead atoms. The van der Waals surface area contributed by atoms with Crippen molar-refractivity contribution in [3.8, 4) is 0 Å². The van der Waals surface area contributed by atoms with Crippen molar-refractivity contribution in [2.24, 2.45) is 5.84 Å². The summed E-state index contributed by atoms with van der Waals surface area (Å²) in [5.41, 5.74) is 5.15. The number of hydrogen-bond acceptors (Lipinski definition) is 2. The van der Waals surface area contributed by atoms with E-state index in [1.54, 1.807) is 0 Å². The van der Waals surface area contributed by atoms with Crippen LogP contribution in [-0.4, -0.2) is 0 Å². The van der Waals surface area contributed by atoms with E-state index >= 15 is 0 Å². The Hall–Kier alpha value is -0.870. The fourth-order valence-electron chi connectivity index (χ4n) is 1.92. The molecule has 2 rings (SSSR count). The van der Waals surface area contributed by atoms with Crippen LogP contribution in [0.3, 0.4) is 0 Å². The molecule has 0 saturated carbocycles. The van der Waals surface area contributed by atoms with Crippen molar-refractivity contribution in [2.45, 2.75) is 12.5 Å². The van der Waals surface area contributed by atoms with Crippen molar-refractivity contribution in [3.63, 3.8) is 0 Å². The van der Waals surface area contributed by atoms with Gasteiger partial charge in [0.15, 0.2) is 0 Å². The molecule has 0 fully saturated rings. The summed E-state index contributed by atoms with van der Waals surface area (Å²) in [4.78, 5) is 0. The molecule has 4 heteroatoms. The monoisotopic (exact) mass is 324 g/mol. The predicted molar refractivity (Wildman–Crippen MR) is 79.4 cm³/mol. The van der Waals surface area contributed by atoms with Crippen LogP contribution in [0, 0.1) is 0 Å². The lowest BCUT2D eigenvalue weighted by Gasteiger charge is -2.18. The Balaban J connectivity index is 2.23. The fourth-order valence-corrected chi connectivity index (χ4v) is 2.69. The first-order chi connectivity index (χ1) is 8.70. The maximum atomic E-state index is 5.99. The molecule has 94 valence electrons. The molecule has 0 spiro atoms. The van der Waals surface area contributed by atoms with Gasteiger partial charge in [0, 0.05) is 9.50 Å². The smallest absolute Gasteiger partial charge is 0.0511 e. The highest BCUT2D eigenvalue weighted by Crippen LogP contribution is 2.26. The SMILES string of the molecule is NNC(Cc1cccc(Cl)c1)c1ccccc1Br. The number of nitrogens with two attached hydrogens (primary N) is 1. The van der Waals surface area contributed by atoms with Crippen LogP contribution in [0.25, 0.3) is 0 Å². The average Bonchev–Trinajstić information content (AvgIpc) is 2.37. The van der Waals surface area contributed by atoms with E-state index in [4.69, 9.17) is 17.4 Å². The fraction of sp³-hybridized carbons (Fsp3) is 0.143. The molecule has 0 heterocycles. The number of benzene rings is 2. The third-order valence-corrected chi connectivity index (χ3v) is 3.77. The first kappa shape index (κ1) is 13.6. The normalized spacial score (nSPS) is 12.4. The van der Waals surface area contributed by atoms with Gasteiger partial charge in [0.05, 0.1) is 6.04 Å². The molecule has 0 aliphatic carbocycles. The Morgan fingerprint density at radius 1 is 1.17 bits per heavy atom. The standard InChI is InChI=1S/C14H14BrClN2/c15-13-7-2-1-6-12(13)14(18-17)9-10-4-3-5-11(16)8-10/h1-8,14,18H,9,17H2. The number of nitrogens with one attached hydrogen (secondary N) is 1. The van der Waals surface area contributed by atoms with Crippen LogP contribution in [0.15, 0.2) is 53.0 Å². The number of hydrogen-bond donors (Lipinski definition) is 2. The molecule has 2 aromatic rings. The largest absolute Gasteiger partial charge is 0.271 e. The van der Waals surface area contributed by atoms with Crippen molar-refractivity contribution >= 4 is 27.5 Å². The average molecular weight is 326 g/mol. The Bertz CT molecular complexity index is 531. The zero-order valence-electron chi connectivity index (χ0n) is 9.74. The first-order valence-electron chi connectivity index (χ1n) is 5.65. The second-order valence-electron chi connectivity index (χ2n) is 4.07. The van der Waals surface area contributed by atoms with Gasteiger partial charge in [0.1, 0.15) is 0 Å². The van der Waals surface area contributed by atoms with E-state index in [2.05, 4.69) is 27.4 Å². The topological polar surface area (TPSA) is 38.0 Å². The minimum absolute atomic E-state index is 0.0547. The highest BCUT2D eigenvalue weighted by molar-refractivity contribution is 9.10. The molecule has 0 amide bonds. The van der Waals surface area contributed by atoms with E-state index in [-0.39, 0.29) is 6.04 Å². The van der Waals surface area contributed by atoms with Gasteiger partial charge < -0.3 is 0 Å². The van der Waals surface area contributed by atoms with Crippen molar-refractivity contribution in [1.82, 2.24) is 5.43 Å². The van der Waals surface area contributed by atoms with Gasteiger partial charge in [-0.3, -0.25) is 11.3 Å². The lowest BCUT2D eigenvalue weighted by molar-refractivity contribution is 0.550. The number of rotatable bonds is 4. The molecule has 2 aromatic carbocycles. The van der Waals surface area contributed by atoms with E-state index in [9.17, 15) is 0 Å². The molecular weight excluding hydrogens is 312 g/mol. The summed E-state index contributed by atoms with van der Waals surface area (Å²) < 4.78 is 1.05. The van der Waals surface area contributed by atoms with Gasteiger partial charge in [0.25, 0.3) is 0 Å². The summed E-state index contributed by atoms with van der Waals surface area (Å²) in [5.74, 6) is 5.66. The molecule has 18 heavy (non-hydrogen) atoms. The first-order valence-corrected chi connectivity index (χ1v) is 6.83. The van der Waals surface area contributed by atoms with Crippen LogP contribution in [0.1, 0.15) is 17.2 Å². The molecule has 0 aromatic heterocycles. The highest BCUT2D eigenvalue weighted by atomic mass is 79.9. The quantitative estimate of drug-likeness (QED) is 0.662. The van der Waals surface area contributed by atoms with Crippen LogP contribution in [0.2, 0.25) is 5.02 Å². The van der Waals surface area contributed by atoms with E-state index in [0.29, 0.717) is 0 Å². The number of halogens is 2.